The molecule has 0 aliphatic carbocycles. The Balaban J connectivity index is 1.33. The minimum atomic E-state index is 0.0137. The smallest absolute Gasteiger partial charge is 0.257 e. The third kappa shape index (κ3) is 3.77. The van der Waals surface area contributed by atoms with Gasteiger partial charge in [-0.25, -0.2) is 4.98 Å². The van der Waals surface area contributed by atoms with E-state index in [1.54, 1.807) is 0 Å². The van der Waals surface area contributed by atoms with Gasteiger partial charge < -0.3 is 4.90 Å². The van der Waals surface area contributed by atoms with Crippen molar-refractivity contribution >= 4 is 16.9 Å². The summed E-state index contributed by atoms with van der Waals surface area (Å²) in [5.74, 6) is 1.51. The largest absolute Gasteiger partial charge is 0.342 e. The number of aromatic amines is 1. The fourth-order valence-electron chi connectivity index (χ4n) is 4.40. The lowest BCUT2D eigenvalue weighted by atomic mass is 9.99. The molecule has 4 heterocycles. The second-order valence-corrected chi connectivity index (χ2v) is 8.44. The molecule has 0 atom stereocenters. The summed E-state index contributed by atoms with van der Waals surface area (Å²) in [6, 6.07) is 12.4. The van der Waals surface area contributed by atoms with Crippen LogP contribution in [0.3, 0.4) is 0 Å². The molecule has 0 radical (unpaired) electrons. The normalized spacial score (nSPS) is 18.2. The number of piperidine rings is 1. The van der Waals surface area contributed by atoms with E-state index in [1.807, 2.05) is 18.2 Å². The van der Waals surface area contributed by atoms with Gasteiger partial charge in [-0.15, -0.1) is 0 Å². The Hall–Kier alpha value is -2.73. The quantitative estimate of drug-likeness (QED) is 0.746. The van der Waals surface area contributed by atoms with E-state index in [0.29, 0.717) is 6.54 Å². The molecule has 5 rings (SSSR count). The predicted octanol–water partition coefficient (Wildman–Crippen LogP) is 3.11. The van der Waals surface area contributed by atoms with Crippen molar-refractivity contribution in [3.8, 4) is 0 Å². The highest BCUT2D eigenvalue weighted by molar-refractivity contribution is 5.78. The first-order valence-corrected chi connectivity index (χ1v) is 10.6. The molecule has 2 aromatic heterocycles. The Morgan fingerprint density at radius 3 is 2.76 bits per heavy atom. The van der Waals surface area contributed by atoms with Gasteiger partial charge in [-0.2, -0.15) is 0 Å². The Morgan fingerprint density at radius 2 is 1.90 bits per heavy atom. The van der Waals surface area contributed by atoms with Crippen molar-refractivity contribution in [2.75, 3.05) is 24.5 Å². The van der Waals surface area contributed by atoms with Crippen LogP contribution in [0.5, 0.6) is 0 Å². The zero-order valence-electron chi connectivity index (χ0n) is 16.9. The lowest BCUT2D eigenvalue weighted by Gasteiger charge is -2.32. The maximum Gasteiger partial charge on any atom is 0.257 e. The van der Waals surface area contributed by atoms with Gasteiger partial charge in [0.1, 0.15) is 0 Å². The van der Waals surface area contributed by atoms with Gasteiger partial charge >= 0.3 is 0 Å². The number of hydrogen-bond donors (Lipinski definition) is 1. The molecule has 1 aromatic carbocycles. The predicted molar refractivity (Wildman–Crippen MR) is 115 cm³/mol. The molecule has 1 N–H and O–H groups in total. The van der Waals surface area contributed by atoms with Gasteiger partial charge in [0.15, 0.2) is 0 Å². The molecule has 150 valence electrons. The average Bonchev–Trinajstić information content (AvgIpc) is 2.74. The molecule has 0 spiro atoms. The first-order chi connectivity index (χ1) is 14.2. The molecule has 6 heteroatoms. The molecule has 0 unspecified atom stereocenters. The van der Waals surface area contributed by atoms with Gasteiger partial charge in [-0.05, 0) is 30.9 Å². The summed E-state index contributed by atoms with van der Waals surface area (Å²) < 4.78 is 0. The first kappa shape index (κ1) is 18.3. The number of fused-ring (bicyclic) bond motifs is 2. The van der Waals surface area contributed by atoms with Gasteiger partial charge in [0.25, 0.3) is 5.56 Å². The lowest BCUT2D eigenvalue weighted by Crippen LogP contribution is -2.39. The van der Waals surface area contributed by atoms with Crippen LogP contribution in [0, 0.1) is 5.92 Å². The van der Waals surface area contributed by atoms with Crippen molar-refractivity contribution < 1.29 is 0 Å². The van der Waals surface area contributed by atoms with Crippen molar-refractivity contribution in [2.45, 2.75) is 39.3 Å². The summed E-state index contributed by atoms with van der Waals surface area (Å²) in [4.78, 5) is 30.0. The van der Waals surface area contributed by atoms with Gasteiger partial charge in [-0.3, -0.25) is 19.7 Å². The second-order valence-electron chi connectivity index (χ2n) is 8.44. The van der Waals surface area contributed by atoms with Gasteiger partial charge in [0.05, 0.1) is 22.5 Å². The lowest BCUT2D eigenvalue weighted by molar-refractivity contribution is 0.239. The van der Waals surface area contributed by atoms with Crippen LogP contribution in [0.1, 0.15) is 36.7 Å². The standard InChI is InChI=1S/C23H27N5O/c1-16-8-12-28(13-9-16)23-25-21-10-11-27(15-19(21)22(29)26-23)14-18-7-6-17-4-2-3-5-20(17)24-18/h2-7,16H,8-15H2,1H3,(H,25,26,29). The van der Waals surface area contributed by atoms with Crippen LogP contribution >= 0.6 is 0 Å². The van der Waals surface area contributed by atoms with E-state index < -0.39 is 0 Å². The molecular formula is C23H27N5O. The number of pyridine rings is 1. The highest BCUT2D eigenvalue weighted by Gasteiger charge is 2.24. The van der Waals surface area contributed by atoms with Crippen LogP contribution in [-0.2, 0) is 19.5 Å². The fourth-order valence-corrected chi connectivity index (χ4v) is 4.40. The van der Waals surface area contributed by atoms with Crippen LogP contribution < -0.4 is 10.5 Å². The number of H-pyrrole nitrogens is 1. The van der Waals surface area contributed by atoms with Crippen LogP contribution in [0.4, 0.5) is 5.95 Å². The molecule has 2 aliphatic heterocycles. The van der Waals surface area contributed by atoms with Crippen molar-refractivity contribution in [3.63, 3.8) is 0 Å². The summed E-state index contributed by atoms with van der Waals surface area (Å²) in [5.41, 5.74) is 3.84. The van der Waals surface area contributed by atoms with E-state index in [4.69, 9.17) is 9.97 Å². The van der Waals surface area contributed by atoms with E-state index in [9.17, 15) is 4.79 Å². The summed E-state index contributed by atoms with van der Waals surface area (Å²) in [7, 11) is 0. The zero-order valence-corrected chi connectivity index (χ0v) is 16.9. The molecule has 2 aliphatic rings. The molecule has 0 saturated carbocycles. The van der Waals surface area contributed by atoms with E-state index >= 15 is 0 Å². The second kappa shape index (κ2) is 7.59. The Kier molecular flexibility index (Phi) is 4.79. The van der Waals surface area contributed by atoms with Gasteiger partial charge in [0.2, 0.25) is 5.95 Å². The number of benzene rings is 1. The maximum atomic E-state index is 12.8. The third-order valence-electron chi connectivity index (χ3n) is 6.26. The van der Waals surface area contributed by atoms with Crippen LogP contribution in [0.15, 0.2) is 41.2 Å². The molecule has 0 amide bonds. The van der Waals surface area contributed by atoms with Gasteiger partial charge in [0, 0.05) is 44.5 Å². The van der Waals surface area contributed by atoms with E-state index in [0.717, 1.165) is 85.2 Å². The minimum absolute atomic E-state index is 0.0137. The molecular weight excluding hydrogens is 362 g/mol. The van der Waals surface area contributed by atoms with E-state index in [2.05, 4.69) is 39.9 Å². The van der Waals surface area contributed by atoms with Crippen molar-refractivity contribution in [1.82, 2.24) is 19.9 Å². The molecule has 3 aromatic rings. The number of anilines is 1. The molecule has 29 heavy (non-hydrogen) atoms. The van der Waals surface area contributed by atoms with Crippen molar-refractivity contribution in [2.24, 2.45) is 5.92 Å². The fraction of sp³-hybridized carbons (Fsp3) is 0.435. The Labute approximate surface area is 170 Å². The Bertz CT molecular complexity index is 1080. The van der Waals surface area contributed by atoms with Crippen LogP contribution in [0.2, 0.25) is 0 Å². The molecule has 1 fully saturated rings. The monoisotopic (exact) mass is 389 g/mol. The number of rotatable bonds is 3. The molecule has 6 nitrogen and oxygen atoms in total. The van der Waals surface area contributed by atoms with Crippen LogP contribution in [0.25, 0.3) is 10.9 Å². The summed E-state index contributed by atoms with van der Waals surface area (Å²) in [6.07, 6.45) is 3.13. The number of para-hydroxylation sites is 1. The number of nitrogens with zero attached hydrogens (tertiary/aromatic N) is 4. The number of aromatic nitrogens is 3. The average molecular weight is 390 g/mol. The topological polar surface area (TPSA) is 65.1 Å². The highest BCUT2D eigenvalue weighted by Crippen LogP contribution is 2.22. The van der Waals surface area contributed by atoms with Crippen LogP contribution in [-0.4, -0.2) is 39.5 Å². The van der Waals surface area contributed by atoms with Crippen molar-refractivity contribution in [3.05, 3.63) is 63.7 Å². The number of nitrogens with one attached hydrogen (secondary N) is 1. The third-order valence-corrected chi connectivity index (χ3v) is 6.26. The summed E-state index contributed by atoms with van der Waals surface area (Å²) >= 11 is 0. The SMILES string of the molecule is CC1CCN(c2nc3c(c(=O)[nH]2)CN(Cc2ccc4ccccc4n2)CC3)CC1. The molecule has 0 bridgehead atoms. The summed E-state index contributed by atoms with van der Waals surface area (Å²) in [6.45, 7) is 6.51. The first-order valence-electron chi connectivity index (χ1n) is 10.6. The van der Waals surface area contributed by atoms with Crippen molar-refractivity contribution in [1.29, 1.82) is 0 Å². The van der Waals surface area contributed by atoms with E-state index in [-0.39, 0.29) is 5.56 Å². The zero-order chi connectivity index (χ0) is 19.8. The number of hydrogen-bond acceptors (Lipinski definition) is 5. The van der Waals surface area contributed by atoms with E-state index in [1.165, 1.54) is 0 Å². The molecule has 1 saturated heterocycles. The maximum absolute atomic E-state index is 12.8. The highest BCUT2D eigenvalue weighted by atomic mass is 16.1. The summed E-state index contributed by atoms with van der Waals surface area (Å²) in [5, 5.41) is 1.15. The Morgan fingerprint density at radius 1 is 1.07 bits per heavy atom. The van der Waals surface area contributed by atoms with Gasteiger partial charge in [-0.1, -0.05) is 31.2 Å². The minimum Gasteiger partial charge on any atom is -0.342 e.